The van der Waals surface area contributed by atoms with Crippen LogP contribution in [-0.2, 0) is 7.05 Å². The lowest BCUT2D eigenvalue weighted by Crippen LogP contribution is -2.14. The van der Waals surface area contributed by atoms with Crippen LogP contribution in [-0.4, -0.2) is 10.5 Å². The molecule has 134 valence electrons. The van der Waals surface area contributed by atoms with Crippen LogP contribution in [0.25, 0.3) is 21.7 Å². The molecule has 4 rings (SSSR count). The zero-order chi connectivity index (χ0) is 18.8. The molecule has 0 N–H and O–H groups in total. The van der Waals surface area contributed by atoms with E-state index in [1.807, 2.05) is 47.3 Å². The van der Waals surface area contributed by atoms with Crippen LogP contribution >= 0.6 is 22.7 Å². The van der Waals surface area contributed by atoms with Gasteiger partial charge in [-0.3, -0.25) is 4.79 Å². The van der Waals surface area contributed by atoms with Crippen molar-refractivity contribution >= 4 is 28.6 Å². The second-order valence-corrected chi connectivity index (χ2v) is 8.17. The number of hydrogen-bond acceptors (Lipinski definition) is 3. The van der Waals surface area contributed by atoms with E-state index in [1.54, 1.807) is 11.3 Å². The quantitative estimate of drug-likeness (QED) is 0.453. The molecule has 2 aromatic heterocycles. The van der Waals surface area contributed by atoms with Crippen molar-refractivity contribution in [3.63, 3.8) is 0 Å². The maximum absolute atomic E-state index is 12.5. The minimum absolute atomic E-state index is 0.197. The fourth-order valence-corrected chi connectivity index (χ4v) is 4.67. The molecule has 1 amide bonds. The van der Waals surface area contributed by atoms with Gasteiger partial charge >= 0.3 is 0 Å². The number of carbonyl (C=O) groups excluding carboxylic acids is 1. The van der Waals surface area contributed by atoms with E-state index in [0.29, 0.717) is 9.68 Å². The molecule has 0 aliphatic heterocycles. The van der Waals surface area contributed by atoms with Gasteiger partial charge in [-0.1, -0.05) is 77.6 Å². The fraction of sp³-hybridized carbons (Fsp3) is 0.0909. The third kappa shape index (κ3) is 3.56. The molecule has 2 heterocycles. The number of rotatable bonds is 3. The predicted octanol–water partition coefficient (Wildman–Crippen LogP) is 5.53. The number of amides is 1. The maximum atomic E-state index is 12.5. The monoisotopic (exact) mass is 390 g/mol. The second-order valence-electron chi connectivity index (χ2n) is 6.25. The summed E-state index contributed by atoms with van der Waals surface area (Å²) in [6, 6.07) is 22.4. The van der Waals surface area contributed by atoms with Crippen molar-refractivity contribution < 1.29 is 4.79 Å². The summed E-state index contributed by atoms with van der Waals surface area (Å²) in [5.74, 6) is -0.197. The Labute approximate surface area is 165 Å². The van der Waals surface area contributed by atoms with Crippen LogP contribution in [0.2, 0.25) is 0 Å². The number of benzene rings is 2. The van der Waals surface area contributed by atoms with E-state index in [0.717, 1.165) is 21.7 Å². The zero-order valence-electron chi connectivity index (χ0n) is 15.0. The van der Waals surface area contributed by atoms with Crippen LogP contribution < -0.4 is 4.80 Å². The van der Waals surface area contributed by atoms with Crippen LogP contribution in [0.5, 0.6) is 0 Å². The molecule has 5 heteroatoms. The lowest BCUT2D eigenvalue weighted by atomic mass is 10.1. The van der Waals surface area contributed by atoms with E-state index < -0.39 is 0 Å². The number of thiazole rings is 1. The van der Waals surface area contributed by atoms with E-state index >= 15 is 0 Å². The van der Waals surface area contributed by atoms with Gasteiger partial charge in [0.25, 0.3) is 5.91 Å². The first-order valence-electron chi connectivity index (χ1n) is 8.58. The SMILES string of the molecule is Cc1ccc(-c2c(-c3ccccc3)sc(=NC(=O)c3cccs3)n2C)cc1. The van der Waals surface area contributed by atoms with E-state index in [9.17, 15) is 4.79 Å². The highest BCUT2D eigenvalue weighted by atomic mass is 32.1. The van der Waals surface area contributed by atoms with Crippen LogP contribution in [0, 0.1) is 6.92 Å². The molecule has 4 aromatic rings. The normalized spacial score (nSPS) is 11.7. The van der Waals surface area contributed by atoms with E-state index in [2.05, 4.69) is 48.3 Å². The Balaban J connectivity index is 1.92. The summed E-state index contributed by atoms with van der Waals surface area (Å²) in [5, 5.41) is 1.89. The molecule has 0 aliphatic carbocycles. The number of aryl methyl sites for hydroxylation is 1. The van der Waals surface area contributed by atoms with Crippen molar-refractivity contribution in [2.75, 3.05) is 0 Å². The average molecular weight is 391 g/mol. The van der Waals surface area contributed by atoms with Crippen LogP contribution in [0.15, 0.2) is 77.1 Å². The number of hydrogen-bond donors (Lipinski definition) is 0. The van der Waals surface area contributed by atoms with Gasteiger partial charge in [0.1, 0.15) is 0 Å². The third-order valence-electron chi connectivity index (χ3n) is 4.32. The molecule has 0 aliphatic rings. The highest BCUT2D eigenvalue weighted by molar-refractivity contribution is 7.13. The average Bonchev–Trinajstić information content (AvgIpc) is 3.33. The lowest BCUT2D eigenvalue weighted by molar-refractivity contribution is 0.100. The first-order valence-corrected chi connectivity index (χ1v) is 10.3. The summed E-state index contributed by atoms with van der Waals surface area (Å²) in [6.45, 7) is 2.08. The fourth-order valence-electron chi connectivity index (χ4n) is 2.92. The van der Waals surface area contributed by atoms with Gasteiger partial charge in [-0.25, -0.2) is 0 Å². The Bertz CT molecular complexity index is 1140. The molecule has 0 saturated heterocycles. The molecule has 0 atom stereocenters. The maximum Gasteiger partial charge on any atom is 0.289 e. The Morgan fingerprint density at radius 1 is 0.926 bits per heavy atom. The van der Waals surface area contributed by atoms with E-state index in [-0.39, 0.29) is 5.91 Å². The van der Waals surface area contributed by atoms with Gasteiger partial charge in [-0.15, -0.1) is 11.3 Å². The Morgan fingerprint density at radius 2 is 1.67 bits per heavy atom. The predicted molar refractivity (Wildman–Crippen MR) is 113 cm³/mol. The largest absolute Gasteiger partial charge is 0.319 e. The van der Waals surface area contributed by atoms with Gasteiger partial charge in [0.05, 0.1) is 15.4 Å². The van der Waals surface area contributed by atoms with Gasteiger partial charge in [0, 0.05) is 7.05 Å². The topological polar surface area (TPSA) is 34.4 Å². The van der Waals surface area contributed by atoms with Gasteiger partial charge in [-0.2, -0.15) is 4.99 Å². The first kappa shape index (κ1) is 17.6. The van der Waals surface area contributed by atoms with Crippen LogP contribution in [0.1, 0.15) is 15.2 Å². The smallest absolute Gasteiger partial charge is 0.289 e. The highest BCUT2D eigenvalue weighted by Gasteiger charge is 2.16. The summed E-state index contributed by atoms with van der Waals surface area (Å²) >= 11 is 2.96. The molecule has 0 unspecified atom stereocenters. The van der Waals surface area contributed by atoms with Crippen molar-refractivity contribution in [3.8, 4) is 21.7 Å². The molecular formula is C22H18N2OS2. The number of thiophene rings is 1. The summed E-state index contributed by atoms with van der Waals surface area (Å²) in [5.41, 5.74) is 4.53. The van der Waals surface area contributed by atoms with Crippen molar-refractivity contribution in [2.45, 2.75) is 6.92 Å². The molecule has 0 spiro atoms. The molecule has 0 bridgehead atoms. The Kier molecular flexibility index (Phi) is 4.88. The summed E-state index contributed by atoms with van der Waals surface area (Å²) < 4.78 is 2.02. The van der Waals surface area contributed by atoms with Crippen LogP contribution in [0.4, 0.5) is 0 Å². The van der Waals surface area contributed by atoms with Crippen molar-refractivity contribution in [1.82, 2.24) is 4.57 Å². The standard InChI is InChI=1S/C22H18N2OS2/c1-15-10-12-16(13-11-15)19-20(17-7-4-3-5-8-17)27-22(24(19)2)23-21(25)18-9-6-14-26-18/h3-14H,1-2H3. The van der Waals surface area contributed by atoms with Crippen molar-refractivity contribution in [3.05, 3.63) is 87.4 Å². The van der Waals surface area contributed by atoms with Gasteiger partial charge < -0.3 is 4.57 Å². The lowest BCUT2D eigenvalue weighted by Gasteiger charge is -2.07. The molecule has 0 saturated carbocycles. The van der Waals surface area contributed by atoms with Crippen molar-refractivity contribution in [2.24, 2.45) is 12.0 Å². The van der Waals surface area contributed by atoms with Crippen LogP contribution in [0.3, 0.4) is 0 Å². The highest BCUT2D eigenvalue weighted by Crippen LogP contribution is 2.34. The number of aromatic nitrogens is 1. The zero-order valence-corrected chi connectivity index (χ0v) is 16.7. The molecule has 3 nitrogen and oxygen atoms in total. The second kappa shape index (κ2) is 7.47. The Hall–Kier alpha value is -2.76. The number of nitrogens with zero attached hydrogens (tertiary/aromatic N) is 2. The summed E-state index contributed by atoms with van der Waals surface area (Å²) in [6.07, 6.45) is 0. The molecule has 0 radical (unpaired) electrons. The van der Waals surface area contributed by atoms with Gasteiger partial charge in [0.15, 0.2) is 4.80 Å². The number of carbonyl (C=O) groups is 1. The Morgan fingerprint density at radius 3 is 2.33 bits per heavy atom. The first-order chi connectivity index (χ1) is 13.1. The summed E-state index contributed by atoms with van der Waals surface area (Å²) in [4.78, 5) is 19.4. The molecule has 27 heavy (non-hydrogen) atoms. The summed E-state index contributed by atoms with van der Waals surface area (Å²) in [7, 11) is 1.97. The van der Waals surface area contributed by atoms with Gasteiger partial charge in [0.2, 0.25) is 0 Å². The van der Waals surface area contributed by atoms with Crippen molar-refractivity contribution in [1.29, 1.82) is 0 Å². The molecule has 2 aromatic carbocycles. The minimum Gasteiger partial charge on any atom is -0.319 e. The molecule has 0 fully saturated rings. The van der Waals surface area contributed by atoms with Gasteiger partial charge in [-0.05, 0) is 29.5 Å². The minimum atomic E-state index is -0.197. The van der Waals surface area contributed by atoms with E-state index in [1.165, 1.54) is 16.9 Å². The molecular weight excluding hydrogens is 372 g/mol. The third-order valence-corrected chi connectivity index (χ3v) is 6.36. The van der Waals surface area contributed by atoms with E-state index in [4.69, 9.17) is 0 Å².